The first kappa shape index (κ1) is 19.3. The van der Waals surface area contributed by atoms with Crippen LogP contribution in [0.5, 0.6) is 0 Å². The Morgan fingerprint density at radius 2 is 2.19 bits per heavy atom. The summed E-state index contributed by atoms with van der Waals surface area (Å²) in [5.41, 5.74) is 0.794. The number of likely N-dealkylation sites (N-methyl/N-ethyl adjacent to an activating group) is 1. The van der Waals surface area contributed by atoms with Crippen LogP contribution in [0.2, 0.25) is 0 Å². The molecular formula is C19H28N6O2. The quantitative estimate of drug-likeness (QED) is 0.808. The van der Waals surface area contributed by atoms with Gasteiger partial charge in [0.1, 0.15) is 6.33 Å². The molecule has 1 aliphatic carbocycles. The standard InChI is InChI=1S/C19H28N6O2/c1-24(17(13-27-2)16-10-6-7-11-20-16)19(26)21-12-18-23-22-14-25(18)15-8-4-3-5-9-15/h6-7,10-11,14-15,17H,3-5,8-9,12-13H2,1-2H3,(H,21,26)/t17-/m0/s1. The molecule has 8 nitrogen and oxygen atoms in total. The van der Waals surface area contributed by atoms with Crippen molar-refractivity contribution in [2.75, 3.05) is 20.8 Å². The van der Waals surface area contributed by atoms with Crippen LogP contribution >= 0.6 is 0 Å². The number of ether oxygens (including phenoxy) is 1. The van der Waals surface area contributed by atoms with Crippen LogP contribution in [-0.4, -0.2) is 51.4 Å². The Morgan fingerprint density at radius 1 is 1.37 bits per heavy atom. The maximum Gasteiger partial charge on any atom is 0.318 e. The van der Waals surface area contributed by atoms with Gasteiger partial charge in [-0.3, -0.25) is 4.98 Å². The molecule has 2 amide bonds. The van der Waals surface area contributed by atoms with Crippen molar-refractivity contribution in [2.24, 2.45) is 0 Å². The lowest BCUT2D eigenvalue weighted by Gasteiger charge is -2.28. The molecule has 0 bridgehead atoms. The van der Waals surface area contributed by atoms with E-state index < -0.39 is 0 Å². The van der Waals surface area contributed by atoms with E-state index in [1.165, 1.54) is 19.3 Å². The van der Waals surface area contributed by atoms with Crippen molar-refractivity contribution in [1.82, 2.24) is 30.0 Å². The van der Waals surface area contributed by atoms with Crippen LogP contribution in [0.1, 0.15) is 55.7 Å². The smallest absolute Gasteiger partial charge is 0.318 e. The minimum Gasteiger partial charge on any atom is -0.382 e. The maximum atomic E-state index is 12.7. The molecule has 8 heteroatoms. The summed E-state index contributed by atoms with van der Waals surface area (Å²) in [5, 5.41) is 11.2. The van der Waals surface area contributed by atoms with E-state index in [-0.39, 0.29) is 12.1 Å². The number of urea groups is 1. The van der Waals surface area contributed by atoms with Crippen LogP contribution in [0.15, 0.2) is 30.7 Å². The van der Waals surface area contributed by atoms with E-state index in [0.717, 1.165) is 24.4 Å². The first-order valence-electron chi connectivity index (χ1n) is 9.49. The van der Waals surface area contributed by atoms with Crippen molar-refractivity contribution < 1.29 is 9.53 Å². The van der Waals surface area contributed by atoms with Gasteiger partial charge in [0, 0.05) is 26.4 Å². The number of hydrogen-bond donors (Lipinski definition) is 1. The van der Waals surface area contributed by atoms with E-state index in [0.29, 0.717) is 19.2 Å². The van der Waals surface area contributed by atoms with Crippen molar-refractivity contribution in [2.45, 2.75) is 50.7 Å². The molecule has 0 aliphatic heterocycles. The molecule has 2 heterocycles. The molecule has 0 unspecified atom stereocenters. The highest BCUT2D eigenvalue weighted by Gasteiger charge is 2.24. The zero-order valence-electron chi connectivity index (χ0n) is 16.0. The molecule has 146 valence electrons. The Labute approximate surface area is 159 Å². The third kappa shape index (κ3) is 4.82. The number of rotatable bonds is 7. The lowest BCUT2D eigenvalue weighted by atomic mass is 9.95. The summed E-state index contributed by atoms with van der Waals surface area (Å²) in [6.45, 7) is 0.723. The number of carbonyl (C=O) groups is 1. The molecule has 3 rings (SSSR count). The molecule has 0 radical (unpaired) electrons. The Balaban J connectivity index is 1.62. The number of nitrogens with zero attached hydrogens (tertiary/aromatic N) is 5. The van der Waals surface area contributed by atoms with Crippen LogP contribution in [-0.2, 0) is 11.3 Å². The highest BCUT2D eigenvalue weighted by Crippen LogP contribution is 2.28. The number of aromatic nitrogens is 4. The Bertz CT molecular complexity index is 714. The minimum absolute atomic E-state index is 0.194. The number of methoxy groups -OCH3 is 1. The summed E-state index contributed by atoms with van der Waals surface area (Å²) < 4.78 is 7.41. The average Bonchev–Trinajstić information content (AvgIpc) is 3.19. The summed E-state index contributed by atoms with van der Waals surface area (Å²) in [5.74, 6) is 0.796. The van der Waals surface area contributed by atoms with Gasteiger partial charge in [-0.1, -0.05) is 25.3 Å². The first-order valence-corrected chi connectivity index (χ1v) is 9.49. The summed E-state index contributed by atoms with van der Waals surface area (Å²) in [7, 11) is 3.37. The lowest BCUT2D eigenvalue weighted by molar-refractivity contribution is 0.114. The third-order valence-corrected chi connectivity index (χ3v) is 5.15. The SMILES string of the molecule is COC[C@@H](c1ccccn1)N(C)C(=O)NCc1nncn1C1CCCCC1. The summed E-state index contributed by atoms with van der Waals surface area (Å²) in [4.78, 5) is 18.7. The minimum atomic E-state index is -0.257. The van der Waals surface area contributed by atoms with Crippen molar-refractivity contribution in [1.29, 1.82) is 0 Å². The van der Waals surface area contributed by atoms with Gasteiger partial charge >= 0.3 is 6.03 Å². The van der Waals surface area contributed by atoms with Gasteiger partial charge in [0.25, 0.3) is 0 Å². The van der Waals surface area contributed by atoms with Gasteiger partial charge in [0.2, 0.25) is 0 Å². The topological polar surface area (TPSA) is 85.2 Å². The van der Waals surface area contributed by atoms with Gasteiger partial charge in [-0.25, -0.2) is 4.79 Å². The zero-order valence-corrected chi connectivity index (χ0v) is 16.0. The van der Waals surface area contributed by atoms with Gasteiger partial charge < -0.3 is 19.5 Å². The van der Waals surface area contributed by atoms with Crippen molar-refractivity contribution in [3.8, 4) is 0 Å². The van der Waals surface area contributed by atoms with Crippen molar-refractivity contribution in [3.63, 3.8) is 0 Å². The molecule has 0 spiro atoms. The fraction of sp³-hybridized carbons (Fsp3) is 0.579. The second kappa shape index (κ2) is 9.45. The highest BCUT2D eigenvalue weighted by molar-refractivity contribution is 5.74. The Hall–Kier alpha value is -2.48. The molecule has 2 aromatic heterocycles. The fourth-order valence-electron chi connectivity index (χ4n) is 3.60. The van der Waals surface area contributed by atoms with Crippen LogP contribution in [0.4, 0.5) is 4.79 Å². The molecule has 1 saturated carbocycles. The largest absolute Gasteiger partial charge is 0.382 e. The summed E-state index contributed by atoms with van der Waals surface area (Å²) >= 11 is 0. The van der Waals surface area contributed by atoms with Gasteiger partial charge in [-0.05, 0) is 25.0 Å². The molecule has 0 aromatic carbocycles. The highest BCUT2D eigenvalue weighted by atomic mass is 16.5. The number of hydrogen-bond acceptors (Lipinski definition) is 5. The van der Waals surface area contributed by atoms with Gasteiger partial charge in [-0.2, -0.15) is 0 Å². The number of pyridine rings is 1. The fourth-order valence-corrected chi connectivity index (χ4v) is 3.60. The van der Waals surface area contributed by atoms with Crippen LogP contribution in [0, 0.1) is 0 Å². The first-order chi connectivity index (χ1) is 13.2. The average molecular weight is 372 g/mol. The van der Waals surface area contributed by atoms with Crippen LogP contribution in [0.25, 0.3) is 0 Å². The second-order valence-corrected chi connectivity index (χ2v) is 6.94. The van der Waals surface area contributed by atoms with Crippen LogP contribution < -0.4 is 5.32 Å². The Morgan fingerprint density at radius 3 is 2.89 bits per heavy atom. The van der Waals surface area contributed by atoms with E-state index in [9.17, 15) is 4.79 Å². The Kier molecular flexibility index (Phi) is 6.75. The molecule has 27 heavy (non-hydrogen) atoms. The van der Waals surface area contributed by atoms with E-state index in [1.54, 1.807) is 31.6 Å². The predicted molar refractivity (Wildman–Crippen MR) is 101 cm³/mol. The van der Waals surface area contributed by atoms with Crippen LogP contribution in [0.3, 0.4) is 0 Å². The monoisotopic (exact) mass is 372 g/mol. The predicted octanol–water partition coefficient (Wildman–Crippen LogP) is 2.71. The van der Waals surface area contributed by atoms with Gasteiger partial charge in [-0.15, -0.1) is 10.2 Å². The summed E-state index contributed by atoms with van der Waals surface area (Å²) in [6, 6.07) is 5.64. The lowest BCUT2D eigenvalue weighted by Crippen LogP contribution is -2.41. The molecule has 1 N–H and O–H groups in total. The molecule has 1 aliphatic rings. The number of carbonyl (C=O) groups excluding carboxylic acids is 1. The van der Waals surface area contributed by atoms with E-state index in [1.807, 2.05) is 18.2 Å². The number of amides is 2. The number of nitrogens with one attached hydrogen (secondary N) is 1. The van der Waals surface area contributed by atoms with Crippen molar-refractivity contribution >= 4 is 6.03 Å². The molecule has 1 atom stereocenters. The van der Waals surface area contributed by atoms with E-state index >= 15 is 0 Å². The molecule has 0 saturated heterocycles. The summed E-state index contributed by atoms with van der Waals surface area (Å²) in [6.07, 6.45) is 9.56. The molecular weight excluding hydrogens is 344 g/mol. The van der Waals surface area contributed by atoms with Gasteiger partial charge in [0.05, 0.1) is 24.9 Å². The molecule has 1 fully saturated rings. The van der Waals surface area contributed by atoms with Gasteiger partial charge in [0.15, 0.2) is 5.82 Å². The van der Waals surface area contributed by atoms with Crippen molar-refractivity contribution in [3.05, 3.63) is 42.2 Å². The van der Waals surface area contributed by atoms with E-state index in [2.05, 4.69) is 25.1 Å². The zero-order chi connectivity index (χ0) is 19.1. The van der Waals surface area contributed by atoms with E-state index in [4.69, 9.17) is 4.74 Å². The maximum absolute atomic E-state index is 12.7. The second-order valence-electron chi connectivity index (χ2n) is 6.94. The molecule has 2 aromatic rings. The third-order valence-electron chi connectivity index (χ3n) is 5.15. The normalized spacial score (nSPS) is 16.1.